The van der Waals surface area contributed by atoms with Gasteiger partial charge in [-0.15, -0.1) is 0 Å². The standard InChI is InChI=1S/C23H25FN2O2/c1-25-13-14-26(22(27)17-6-4-7-17)21(23(25)28)15-18-5-2-3-8-20(18)16-9-11-19(24)12-10-16/h2-3,5,8-12,17,21H,4,6-7,13-15H2,1H3/t21-/m1/s1. The first-order chi connectivity index (χ1) is 13.5. The number of likely N-dealkylation sites (N-methyl/N-ethyl adjacent to an activating group) is 1. The minimum absolute atomic E-state index is 0.00664. The van der Waals surface area contributed by atoms with Crippen molar-refractivity contribution < 1.29 is 14.0 Å². The molecule has 0 radical (unpaired) electrons. The van der Waals surface area contributed by atoms with E-state index < -0.39 is 6.04 Å². The Morgan fingerprint density at radius 2 is 1.79 bits per heavy atom. The fourth-order valence-electron chi connectivity index (χ4n) is 4.08. The van der Waals surface area contributed by atoms with Crippen LogP contribution in [0.5, 0.6) is 0 Å². The molecule has 2 fully saturated rings. The fourth-order valence-corrected chi connectivity index (χ4v) is 4.08. The molecule has 2 amide bonds. The van der Waals surface area contributed by atoms with Crippen molar-refractivity contribution in [3.63, 3.8) is 0 Å². The van der Waals surface area contributed by atoms with E-state index in [4.69, 9.17) is 0 Å². The fraction of sp³-hybridized carbons (Fsp3) is 0.391. The molecular formula is C23H25FN2O2. The number of hydrogen-bond acceptors (Lipinski definition) is 2. The van der Waals surface area contributed by atoms with E-state index in [1.54, 1.807) is 29.0 Å². The Hall–Kier alpha value is -2.69. The van der Waals surface area contributed by atoms with Crippen molar-refractivity contribution in [2.45, 2.75) is 31.7 Å². The van der Waals surface area contributed by atoms with E-state index in [1.165, 1.54) is 12.1 Å². The molecule has 1 aliphatic heterocycles. The third-order valence-electron chi connectivity index (χ3n) is 6.04. The third kappa shape index (κ3) is 3.53. The predicted octanol–water partition coefficient (Wildman–Crippen LogP) is 3.50. The highest BCUT2D eigenvalue weighted by molar-refractivity contribution is 5.90. The van der Waals surface area contributed by atoms with E-state index in [0.717, 1.165) is 36.0 Å². The minimum atomic E-state index is -0.478. The molecule has 0 N–H and O–H groups in total. The molecule has 28 heavy (non-hydrogen) atoms. The van der Waals surface area contributed by atoms with Gasteiger partial charge in [0.15, 0.2) is 0 Å². The molecule has 4 rings (SSSR count). The predicted molar refractivity (Wildman–Crippen MR) is 106 cm³/mol. The quantitative estimate of drug-likeness (QED) is 0.815. The third-order valence-corrected chi connectivity index (χ3v) is 6.04. The normalized spacial score (nSPS) is 20.2. The van der Waals surface area contributed by atoms with Crippen LogP contribution >= 0.6 is 0 Å². The van der Waals surface area contributed by atoms with Gasteiger partial charge in [-0.3, -0.25) is 9.59 Å². The van der Waals surface area contributed by atoms with Gasteiger partial charge in [0, 0.05) is 32.5 Å². The number of carbonyl (C=O) groups excluding carboxylic acids is 2. The lowest BCUT2D eigenvalue weighted by Gasteiger charge is -2.42. The van der Waals surface area contributed by atoms with Crippen LogP contribution in [0.2, 0.25) is 0 Å². The van der Waals surface area contributed by atoms with Crippen LogP contribution in [0, 0.1) is 11.7 Å². The van der Waals surface area contributed by atoms with Gasteiger partial charge in [-0.25, -0.2) is 4.39 Å². The molecule has 4 nitrogen and oxygen atoms in total. The van der Waals surface area contributed by atoms with Crippen LogP contribution < -0.4 is 0 Å². The molecule has 1 saturated carbocycles. The lowest BCUT2D eigenvalue weighted by molar-refractivity contribution is -0.154. The molecule has 1 atom stereocenters. The first-order valence-electron chi connectivity index (χ1n) is 9.94. The summed E-state index contributed by atoms with van der Waals surface area (Å²) in [4.78, 5) is 29.4. The average molecular weight is 380 g/mol. The number of carbonyl (C=O) groups is 2. The van der Waals surface area contributed by atoms with Gasteiger partial charge in [-0.2, -0.15) is 0 Å². The van der Waals surface area contributed by atoms with Crippen molar-refractivity contribution in [1.82, 2.24) is 9.80 Å². The van der Waals surface area contributed by atoms with Crippen molar-refractivity contribution in [1.29, 1.82) is 0 Å². The molecule has 1 saturated heterocycles. The van der Waals surface area contributed by atoms with Crippen molar-refractivity contribution >= 4 is 11.8 Å². The van der Waals surface area contributed by atoms with Crippen molar-refractivity contribution in [2.75, 3.05) is 20.1 Å². The summed E-state index contributed by atoms with van der Waals surface area (Å²) in [5.41, 5.74) is 2.87. The van der Waals surface area contributed by atoms with Gasteiger partial charge < -0.3 is 9.80 Å². The summed E-state index contributed by atoms with van der Waals surface area (Å²) in [5.74, 6) is -0.0848. The molecule has 0 aromatic heterocycles. The topological polar surface area (TPSA) is 40.6 Å². The van der Waals surface area contributed by atoms with Crippen molar-refractivity contribution in [3.05, 3.63) is 59.9 Å². The van der Waals surface area contributed by atoms with Crippen LogP contribution in [0.25, 0.3) is 11.1 Å². The Kier molecular flexibility index (Phi) is 5.16. The number of benzene rings is 2. The van der Waals surface area contributed by atoms with Gasteiger partial charge in [-0.1, -0.05) is 42.8 Å². The smallest absolute Gasteiger partial charge is 0.245 e. The second kappa shape index (κ2) is 7.74. The number of piperazine rings is 1. The summed E-state index contributed by atoms with van der Waals surface area (Å²) in [7, 11) is 1.80. The van der Waals surface area contributed by atoms with Crippen LogP contribution in [0.3, 0.4) is 0 Å². The van der Waals surface area contributed by atoms with Gasteiger partial charge >= 0.3 is 0 Å². The van der Waals surface area contributed by atoms with Crippen LogP contribution in [0.15, 0.2) is 48.5 Å². The largest absolute Gasteiger partial charge is 0.342 e. The maximum Gasteiger partial charge on any atom is 0.245 e. The lowest BCUT2D eigenvalue weighted by atomic mass is 9.83. The zero-order chi connectivity index (χ0) is 19.7. The number of halogens is 1. The summed E-state index contributed by atoms with van der Waals surface area (Å²) in [6.07, 6.45) is 3.42. The molecule has 2 aliphatic rings. The van der Waals surface area contributed by atoms with E-state index in [-0.39, 0.29) is 23.5 Å². The molecule has 0 bridgehead atoms. The van der Waals surface area contributed by atoms with E-state index in [9.17, 15) is 14.0 Å². The van der Waals surface area contributed by atoms with Crippen LogP contribution in [-0.2, 0) is 16.0 Å². The molecule has 5 heteroatoms. The molecule has 146 valence electrons. The molecule has 0 spiro atoms. The zero-order valence-corrected chi connectivity index (χ0v) is 16.1. The summed E-state index contributed by atoms with van der Waals surface area (Å²) >= 11 is 0. The maximum absolute atomic E-state index is 13.3. The molecule has 0 unspecified atom stereocenters. The Bertz CT molecular complexity index is 876. The first kappa shape index (κ1) is 18.7. The monoisotopic (exact) mass is 380 g/mol. The summed E-state index contributed by atoms with van der Waals surface area (Å²) in [6, 6.07) is 13.8. The maximum atomic E-state index is 13.3. The molecular weight excluding hydrogens is 355 g/mol. The highest BCUT2D eigenvalue weighted by Gasteiger charge is 2.40. The van der Waals surface area contributed by atoms with E-state index >= 15 is 0 Å². The first-order valence-corrected chi connectivity index (χ1v) is 9.94. The van der Waals surface area contributed by atoms with Crippen LogP contribution in [-0.4, -0.2) is 47.8 Å². The number of nitrogens with zero attached hydrogens (tertiary/aromatic N) is 2. The molecule has 2 aromatic carbocycles. The van der Waals surface area contributed by atoms with Gasteiger partial charge in [-0.05, 0) is 41.7 Å². The highest BCUT2D eigenvalue weighted by Crippen LogP contribution is 2.31. The molecule has 2 aromatic rings. The summed E-state index contributed by atoms with van der Waals surface area (Å²) in [6.45, 7) is 1.16. The lowest BCUT2D eigenvalue weighted by Crippen LogP contribution is -2.59. The zero-order valence-electron chi connectivity index (χ0n) is 16.1. The van der Waals surface area contributed by atoms with E-state index in [2.05, 4.69) is 0 Å². The highest BCUT2D eigenvalue weighted by atomic mass is 19.1. The van der Waals surface area contributed by atoms with Crippen molar-refractivity contribution in [3.8, 4) is 11.1 Å². The van der Waals surface area contributed by atoms with E-state index in [0.29, 0.717) is 19.5 Å². The number of hydrogen-bond donors (Lipinski definition) is 0. The van der Waals surface area contributed by atoms with E-state index in [1.807, 2.05) is 24.3 Å². The van der Waals surface area contributed by atoms with Crippen LogP contribution in [0.4, 0.5) is 4.39 Å². The average Bonchev–Trinajstić information content (AvgIpc) is 2.65. The second-order valence-electron chi connectivity index (χ2n) is 7.80. The van der Waals surface area contributed by atoms with Crippen molar-refractivity contribution in [2.24, 2.45) is 5.92 Å². The number of rotatable bonds is 4. The van der Waals surface area contributed by atoms with Crippen LogP contribution in [0.1, 0.15) is 24.8 Å². The minimum Gasteiger partial charge on any atom is -0.342 e. The SMILES string of the molecule is CN1CCN(C(=O)C2CCC2)[C@H](Cc2ccccc2-c2ccc(F)cc2)C1=O. The molecule has 1 heterocycles. The Balaban J connectivity index is 1.64. The Morgan fingerprint density at radius 3 is 2.46 bits per heavy atom. The van der Waals surface area contributed by atoms with Gasteiger partial charge in [0.2, 0.25) is 11.8 Å². The summed E-state index contributed by atoms with van der Waals surface area (Å²) < 4.78 is 13.3. The van der Waals surface area contributed by atoms with Gasteiger partial charge in [0.25, 0.3) is 0 Å². The Labute approximate surface area is 164 Å². The summed E-state index contributed by atoms with van der Waals surface area (Å²) in [5, 5.41) is 0. The van der Waals surface area contributed by atoms with Gasteiger partial charge in [0.05, 0.1) is 0 Å². The Morgan fingerprint density at radius 1 is 1.07 bits per heavy atom. The molecule has 1 aliphatic carbocycles. The number of amides is 2. The van der Waals surface area contributed by atoms with Gasteiger partial charge in [0.1, 0.15) is 11.9 Å². The second-order valence-corrected chi connectivity index (χ2v) is 7.80.